The number of anilines is 1. The number of carboxylic acid groups (broad SMARTS) is 1. The second-order valence-corrected chi connectivity index (χ2v) is 4.62. The third kappa shape index (κ3) is 3.77. The predicted molar refractivity (Wildman–Crippen MR) is 73.8 cm³/mol. The van der Waals surface area contributed by atoms with E-state index in [1.165, 1.54) is 0 Å². The van der Waals surface area contributed by atoms with E-state index in [9.17, 15) is 22.8 Å². The number of rotatable bonds is 4. The van der Waals surface area contributed by atoms with Crippen molar-refractivity contribution in [3.8, 4) is 5.82 Å². The Morgan fingerprint density at radius 2 is 2.04 bits per heavy atom. The molecule has 0 bridgehead atoms. The van der Waals surface area contributed by atoms with Crippen LogP contribution >= 0.6 is 11.6 Å². The van der Waals surface area contributed by atoms with Gasteiger partial charge in [0.1, 0.15) is 11.6 Å². The lowest BCUT2D eigenvalue weighted by Gasteiger charge is -2.10. The van der Waals surface area contributed by atoms with Crippen LogP contribution in [0.3, 0.4) is 0 Å². The molecule has 11 heteroatoms. The van der Waals surface area contributed by atoms with Gasteiger partial charge in [0.2, 0.25) is 0 Å². The summed E-state index contributed by atoms with van der Waals surface area (Å²) in [5.41, 5.74) is -1.84. The molecule has 7 nitrogen and oxygen atoms in total. The number of nitrogens with one attached hydrogen (secondary N) is 1. The van der Waals surface area contributed by atoms with Gasteiger partial charge in [-0.15, -0.1) is 0 Å². The number of aliphatic carboxylic acids is 1. The summed E-state index contributed by atoms with van der Waals surface area (Å²) in [7, 11) is 0. The van der Waals surface area contributed by atoms with Crippen molar-refractivity contribution in [1.82, 2.24) is 14.8 Å². The molecule has 0 radical (unpaired) electrons. The number of alkyl halides is 3. The van der Waals surface area contributed by atoms with E-state index in [0.29, 0.717) is 10.9 Å². The van der Waals surface area contributed by atoms with E-state index in [1.807, 2.05) is 0 Å². The number of pyridine rings is 1. The predicted octanol–water partition coefficient (Wildman–Crippen LogP) is 1.80. The number of carboxylic acids is 1. The van der Waals surface area contributed by atoms with Crippen LogP contribution in [0.5, 0.6) is 0 Å². The Labute approximate surface area is 131 Å². The number of carbonyl (C=O) groups is 1. The first-order valence-corrected chi connectivity index (χ1v) is 6.35. The zero-order chi connectivity index (χ0) is 17.2. The summed E-state index contributed by atoms with van der Waals surface area (Å²) in [6.07, 6.45) is -2.91. The molecular formula is C12H8ClF3N4O3. The van der Waals surface area contributed by atoms with Crippen molar-refractivity contribution >= 4 is 23.3 Å². The molecule has 0 spiro atoms. The fraction of sp³-hybridized carbons (Fsp3) is 0.167. The normalized spacial score (nSPS) is 11.3. The van der Waals surface area contributed by atoms with E-state index in [4.69, 9.17) is 16.7 Å². The largest absolute Gasteiger partial charge is 0.480 e. The zero-order valence-corrected chi connectivity index (χ0v) is 11.9. The molecule has 0 aromatic carbocycles. The van der Waals surface area contributed by atoms with Crippen LogP contribution in [-0.2, 0) is 11.0 Å². The summed E-state index contributed by atoms with van der Waals surface area (Å²) in [5, 5.41) is 14.3. The van der Waals surface area contributed by atoms with Gasteiger partial charge in [0.05, 0.1) is 17.4 Å². The Hall–Kier alpha value is -2.62. The summed E-state index contributed by atoms with van der Waals surface area (Å²) in [6, 6.07) is 1.72. The van der Waals surface area contributed by atoms with Crippen molar-refractivity contribution in [2.45, 2.75) is 6.18 Å². The van der Waals surface area contributed by atoms with Gasteiger partial charge in [-0.25, -0.2) is 4.98 Å². The first-order valence-electron chi connectivity index (χ1n) is 5.97. The molecule has 2 heterocycles. The minimum Gasteiger partial charge on any atom is -0.480 e. The molecule has 2 aromatic heterocycles. The first kappa shape index (κ1) is 16.7. The summed E-state index contributed by atoms with van der Waals surface area (Å²) in [4.78, 5) is 26.0. The average molecular weight is 349 g/mol. The van der Waals surface area contributed by atoms with E-state index < -0.39 is 29.8 Å². The Morgan fingerprint density at radius 3 is 2.57 bits per heavy atom. The van der Waals surface area contributed by atoms with Gasteiger partial charge in [-0.1, -0.05) is 11.6 Å². The van der Waals surface area contributed by atoms with Crippen LogP contribution in [-0.4, -0.2) is 32.4 Å². The molecule has 0 fully saturated rings. The van der Waals surface area contributed by atoms with Crippen LogP contribution in [0.2, 0.25) is 5.02 Å². The van der Waals surface area contributed by atoms with Crippen LogP contribution in [0.1, 0.15) is 5.56 Å². The molecule has 122 valence electrons. The van der Waals surface area contributed by atoms with E-state index in [2.05, 4.69) is 15.4 Å². The Morgan fingerprint density at radius 1 is 1.35 bits per heavy atom. The van der Waals surface area contributed by atoms with Crippen LogP contribution in [0.25, 0.3) is 5.82 Å². The minimum absolute atomic E-state index is 0.0118. The highest BCUT2D eigenvalue weighted by molar-refractivity contribution is 6.33. The number of hydrogen-bond acceptors (Lipinski definition) is 5. The lowest BCUT2D eigenvalue weighted by molar-refractivity contribution is -0.138. The van der Waals surface area contributed by atoms with E-state index in [-0.39, 0.29) is 16.5 Å². The number of hydrogen-bond donors (Lipinski definition) is 2. The van der Waals surface area contributed by atoms with Crippen molar-refractivity contribution in [2.75, 3.05) is 11.9 Å². The molecule has 0 unspecified atom stereocenters. The summed E-state index contributed by atoms with van der Waals surface area (Å²) in [6.45, 7) is -0.483. The quantitative estimate of drug-likeness (QED) is 0.874. The molecule has 0 aliphatic carbocycles. The Kier molecular flexibility index (Phi) is 4.55. The maximum absolute atomic E-state index is 12.5. The molecule has 0 aliphatic heterocycles. The molecule has 2 N–H and O–H groups in total. The highest BCUT2D eigenvalue weighted by atomic mass is 35.5. The van der Waals surface area contributed by atoms with Gasteiger partial charge in [0, 0.05) is 6.20 Å². The molecule has 2 aromatic rings. The monoisotopic (exact) mass is 348 g/mol. The van der Waals surface area contributed by atoms with Gasteiger partial charge < -0.3 is 10.4 Å². The highest BCUT2D eigenvalue weighted by Gasteiger charge is 2.30. The van der Waals surface area contributed by atoms with Crippen molar-refractivity contribution in [1.29, 1.82) is 0 Å². The molecule has 0 saturated carbocycles. The molecule has 0 amide bonds. The first-order chi connectivity index (χ1) is 10.7. The van der Waals surface area contributed by atoms with Gasteiger partial charge in [0.15, 0.2) is 5.82 Å². The van der Waals surface area contributed by atoms with Crippen LogP contribution in [0.15, 0.2) is 29.3 Å². The second kappa shape index (κ2) is 6.24. The van der Waals surface area contributed by atoms with Crippen molar-refractivity contribution in [3.63, 3.8) is 0 Å². The SMILES string of the molecule is O=C(O)CNc1cnn(-c2ccc(C(F)(F)F)cn2)c(=O)c1Cl. The van der Waals surface area contributed by atoms with Gasteiger partial charge >= 0.3 is 12.1 Å². The van der Waals surface area contributed by atoms with Gasteiger partial charge in [-0.3, -0.25) is 9.59 Å². The Balaban J connectivity index is 2.36. The van der Waals surface area contributed by atoms with Crippen LogP contribution in [0, 0.1) is 0 Å². The number of nitrogens with zero attached hydrogens (tertiary/aromatic N) is 3. The molecule has 0 aliphatic rings. The van der Waals surface area contributed by atoms with E-state index in [0.717, 1.165) is 18.3 Å². The van der Waals surface area contributed by atoms with Crippen LogP contribution < -0.4 is 10.9 Å². The molecular weight excluding hydrogens is 341 g/mol. The maximum atomic E-state index is 12.5. The number of halogens is 4. The van der Waals surface area contributed by atoms with Gasteiger partial charge in [-0.2, -0.15) is 23.0 Å². The fourth-order valence-electron chi connectivity index (χ4n) is 1.57. The molecule has 0 atom stereocenters. The van der Waals surface area contributed by atoms with Crippen molar-refractivity contribution in [2.24, 2.45) is 0 Å². The van der Waals surface area contributed by atoms with Crippen molar-refractivity contribution < 1.29 is 23.1 Å². The smallest absolute Gasteiger partial charge is 0.417 e. The standard InChI is InChI=1S/C12H8ClF3N4O3/c13-10-7(17-5-9(21)22)4-19-20(11(10)23)8-2-1-6(3-18-8)12(14,15)16/h1-4,17H,5H2,(H,21,22). The minimum atomic E-state index is -4.55. The molecule has 2 rings (SSSR count). The van der Waals surface area contributed by atoms with E-state index >= 15 is 0 Å². The lowest BCUT2D eigenvalue weighted by Crippen LogP contribution is -2.24. The maximum Gasteiger partial charge on any atom is 0.417 e. The lowest BCUT2D eigenvalue weighted by atomic mass is 10.3. The second-order valence-electron chi connectivity index (χ2n) is 4.24. The zero-order valence-electron chi connectivity index (χ0n) is 11.1. The topological polar surface area (TPSA) is 97.1 Å². The Bertz CT molecular complexity index is 790. The van der Waals surface area contributed by atoms with Gasteiger partial charge in [0.25, 0.3) is 5.56 Å². The molecule has 23 heavy (non-hydrogen) atoms. The van der Waals surface area contributed by atoms with E-state index in [1.54, 1.807) is 0 Å². The third-order valence-corrected chi connectivity index (χ3v) is 3.01. The van der Waals surface area contributed by atoms with Crippen LogP contribution in [0.4, 0.5) is 18.9 Å². The summed E-state index contributed by atoms with van der Waals surface area (Å²) < 4.78 is 38.1. The van der Waals surface area contributed by atoms with Gasteiger partial charge in [-0.05, 0) is 12.1 Å². The third-order valence-electron chi connectivity index (χ3n) is 2.64. The average Bonchev–Trinajstić information content (AvgIpc) is 2.48. The number of aromatic nitrogens is 3. The molecule has 0 saturated heterocycles. The fourth-order valence-corrected chi connectivity index (χ4v) is 1.76. The van der Waals surface area contributed by atoms with Crippen molar-refractivity contribution in [3.05, 3.63) is 45.5 Å². The summed E-state index contributed by atoms with van der Waals surface area (Å²) >= 11 is 5.80. The highest BCUT2D eigenvalue weighted by Crippen LogP contribution is 2.28. The summed E-state index contributed by atoms with van der Waals surface area (Å²) in [5.74, 6) is -1.33.